The Morgan fingerprint density at radius 2 is 2.00 bits per heavy atom. The lowest BCUT2D eigenvalue weighted by Crippen LogP contribution is -2.03. The molecule has 130 valence electrons. The summed E-state index contributed by atoms with van der Waals surface area (Å²) < 4.78 is 16.6. The predicted molar refractivity (Wildman–Crippen MR) is 95.2 cm³/mol. The normalized spacial score (nSPS) is 11.0. The van der Waals surface area contributed by atoms with Crippen molar-refractivity contribution >= 4 is 17.8 Å². The van der Waals surface area contributed by atoms with E-state index in [1.165, 1.54) is 12.1 Å². The molecule has 0 unspecified atom stereocenters. The number of nitrogens with zero attached hydrogens (tertiary/aromatic N) is 5. The van der Waals surface area contributed by atoms with Crippen molar-refractivity contribution in [1.29, 1.82) is 0 Å². The lowest BCUT2D eigenvalue weighted by Gasteiger charge is -2.08. The third kappa shape index (κ3) is 2.71. The Kier molecular flexibility index (Phi) is 3.92. The molecule has 0 aliphatic heterocycles. The van der Waals surface area contributed by atoms with E-state index in [0.717, 1.165) is 11.8 Å². The van der Waals surface area contributed by atoms with E-state index >= 15 is 0 Å². The number of nitrogens with one attached hydrogen (secondary N) is 1. The summed E-state index contributed by atoms with van der Waals surface area (Å²) >= 11 is 0. The number of imidazole rings is 2. The predicted octanol–water partition coefficient (Wildman–Crippen LogP) is 2.64. The highest BCUT2D eigenvalue weighted by Crippen LogP contribution is 2.30. The van der Waals surface area contributed by atoms with Crippen LogP contribution in [0.15, 0.2) is 48.9 Å². The third-order valence-corrected chi connectivity index (χ3v) is 4.05. The van der Waals surface area contributed by atoms with Gasteiger partial charge in [-0.2, -0.15) is 5.10 Å². The van der Waals surface area contributed by atoms with Gasteiger partial charge < -0.3 is 14.7 Å². The van der Waals surface area contributed by atoms with Gasteiger partial charge >= 0.3 is 0 Å². The minimum atomic E-state index is -0.319. The second-order valence-electron chi connectivity index (χ2n) is 5.67. The molecule has 0 saturated heterocycles. The van der Waals surface area contributed by atoms with Crippen LogP contribution in [0.2, 0.25) is 0 Å². The van der Waals surface area contributed by atoms with Crippen molar-refractivity contribution in [2.45, 2.75) is 6.54 Å². The van der Waals surface area contributed by atoms with Crippen LogP contribution in [-0.2, 0) is 11.3 Å². The van der Waals surface area contributed by atoms with Crippen molar-refractivity contribution < 1.29 is 9.18 Å². The van der Waals surface area contributed by atoms with E-state index in [-0.39, 0.29) is 12.4 Å². The van der Waals surface area contributed by atoms with Crippen LogP contribution in [0.1, 0.15) is 0 Å². The number of aromatic nitrogens is 5. The molecule has 0 aliphatic rings. The van der Waals surface area contributed by atoms with Gasteiger partial charge in [0.1, 0.15) is 23.6 Å². The molecule has 0 aliphatic carbocycles. The minimum Gasteiger partial charge on any atom is -0.372 e. The molecule has 0 amide bonds. The second kappa shape index (κ2) is 6.40. The number of benzene rings is 1. The zero-order valence-electron chi connectivity index (χ0n) is 13.9. The van der Waals surface area contributed by atoms with Crippen LogP contribution < -0.4 is 5.32 Å². The first-order valence-electron chi connectivity index (χ1n) is 7.99. The van der Waals surface area contributed by atoms with Gasteiger partial charge in [0.05, 0.1) is 30.5 Å². The zero-order chi connectivity index (χ0) is 18.1. The number of fused-ring (bicyclic) bond motifs is 1. The number of halogens is 1. The Labute approximate surface area is 148 Å². The summed E-state index contributed by atoms with van der Waals surface area (Å²) in [6.45, 7) is 0.148. The van der Waals surface area contributed by atoms with Crippen molar-refractivity contribution in [2.24, 2.45) is 0 Å². The minimum absolute atomic E-state index is 0.148. The van der Waals surface area contributed by atoms with Crippen LogP contribution in [-0.4, -0.2) is 37.5 Å². The fourth-order valence-corrected chi connectivity index (χ4v) is 2.82. The third-order valence-electron chi connectivity index (χ3n) is 4.05. The highest BCUT2D eigenvalue weighted by molar-refractivity contribution is 5.77. The van der Waals surface area contributed by atoms with E-state index in [1.807, 2.05) is 12.1 Å². The monoisotopic (exact) mass is 350 g/mol. The van der Waals surface area contributed by atoms with Crippen LogP contribution in [0, 0.1) is 5.82 Å². The van der Waals surface area contributed by atoms with Crippen molar-refractivity contribution in [2.75, 3.05) is 12.4 Å². The average Bonchev–Trinajstić information content (AvgIpc) is 3.25. The first-order chi connectivity index (χ1) is 12.7. The van der Waals surface area contributed by atoms with E-state index in [1.54, 1.807) is 40.8 Å². The Bertz CT molecular complexity index is 1080. The number of carbonyl (C=O) groups is 1. The number of hydrogen-bond acceptors (Lipinski definition) is 5. The fourth-order valence-electron chi connectivity index (χ4n) is 2.82. The van der Waals surface area contributed by atoms with E-state index in [0.29, 0.717) is 28.5 Å². The first kappa shape index (κ1) is 15.9. The maximum Gasteiger partial charge on any atom is 0.156 e. The molecule has 0 fully saturated rings. The van der Waals surface area contributed by atoms with Gasteiger partial charge in [-0.15, -0.1) is 0 Å². The number of rotatable bonds is 5. The van der Waals surface area contributed by atoms with E-state index in [2.05, 4.69) is 20.4 Å². The summed E-state index contributed by atoms with van der Waals surface area (Å²) in [5, 5.41) is 7.57. The largest absolute Gasteiger partial charge is 0.372 e. The Morgan fingerprint density at radius 1 is 1.19 bits per heavy atom. The van der Waals surface area contributed by atoms with Gasteiger partial charge in [0.2, 0.25) is 0 Å². The standard InChI is InChI=1S/C18H15FN6O/c1-20-15-10-25-16(22-15)7-6-14(23-25)18-17(21-11-24(18)8-9-26)12-2-4-13(19)5-3-12/h2-7,9-11,20H,8H2,1H3. The van der Waals surface area contributed by atoms with Crippen molar-refractivity contribution in [1.82, 2.24) is 24.1 Å². The van der Waals surface area contributed by atoms with Gasteiger partial charge in [-0.1, -0.05) is 0 Å². The molecule has 7 nitrogen and oxygen atoms in total. The topological polar surface area (TPSA) is 77.1 Å². The Balaban J connectivity index is 1.89. The maximum atomic E-state index is 13.3. The summed E-state index contributed by atoms with van der Waals surface area (Å²) in [7, 11) is 1.79. The van der Waals surface area contributed by atoms with Gasteiger partial charge in [-0.05, 0) is 36.4 Å². The average molecular weight is 350 g/mol. The highest BCUT2D eigenvalue weighted by Gasteiger charge is 2.17. The van der Waals surface area contributed by atoms with Crippen molar-refractivity contribution in [3.8, 4) is 22.6 Å². The van der Waals surface area contributed by atoms with Gasteiger partial charge in [0.15, 0.2) is 5.65 Å². The van der Waals surface area contributed by atoms with Crippen LogP contribution >= 0.6 is 0 Å². The molecule has 4 aromatic rings. The second-order valence-corrected chi connectivity index (χ2v) is 5.67. The van der Waals surface area contributed by atoms with Gasteiger partial charge in [-0.3, -0.25) is 0 Å². The molecule has 0 atom stereocenters. The Morgan fingerprint density at radius 3 is 2.73 bits per heavy atom. The number of hydrogen-bond donors (Lipinski definition) is 1. The quantitative estimate of drug-likeness (QED) is 0.560. The molecular weight excluding hydrogens is 335 g/mol. The van der Waals surface area contributed by atoms with Crippen molar-refractivity contribution in [3.63, 3.8) is 0 Å². The molecule has 8 heteroatoms. The summed E-state index contributed by atoms with van der Waals surface area (Å²) in [6.07, 6.45) is 4.16. The molecule has 0 saturated carbocycles. The van der Waals surface area contributed by atoms with E-state index in [9.17, 15) is 9.18 Å². The molecule has 1 aromatic carbocycles. The molecule has 1 N–H and O–H groups in total. The number of aldehydes is 1. The summed E-state index contributed by atoms with van der Waals surface area (Å²) in [4.78, 5) is 19.8. The summed E-state index contributed by atoms with van der Waals surface area (Å²) in [6, 6.07) is 9.73. The number of anilines is 1. The molecule has 26 heavy (non-hydrogen) atoms. The molecule has 0 bridgehead atoms. The van der Waals surface area contributed by atoms with Crippen molar-refractivity contribution in [3.05, 3.63) is 54.7 Å². The maximum absolute atomic E-state index is 13.3. The molecule has 0 spiro atoms. The van der Waals surface area contributed by atoms with Crippen LogP contribution in [0.25, 0.3) is 28.3 Å². The molecule has 3 aromatic heterocycles. The first-order valence-corrected chi connectivity index (χ1v) is 7.99. The highest BCUT2D eigenvalue weighted by atomic mass is 19.1. The number of carbonyl (C=O) groups excluding carboxylic acids is 1. The smallest absolute Gasteiger partial charge is 0.156 e. The summed E-state index contributed by atoms with van der Waals surface area (Å²) in [5.41, 5.74) is 3.39. The van der Waals surface area contributed by atoms with Crippen LogP contribution in [0.4, 0.5) is 10.2 Å². The van der Waals surface area contributed by atoms with Crippen LogP contribution in [0.5, 0.6) is 0 Å². The Hall–Kier alpha value is -3.55. The lowest BCUT2D eigenvalue weighted by atomic mass is 10.1. The lowest BCUT2D eigenvalue weighted by molar-refractivity contribution is -0.108. The molecular formula is C18H15FN6O. The zero-order valence-corrected chi connectivity index (χ0v) is 13.9. The summed E-state index contributed by atoms with van der Waals surface area (Å²) in [5.74, 6) is 0.384. The molecule has 3 heterocycles. The molecule has 0 radical (unpaired) electrons. The van der Waals surface area contributed by atoms with E-state index < -0.39 is 0 Å². The fraction of sp³-hybridized carbons (Fsp3) is 0.111. The van der Waals surface area contributed by atoms with E-state index in [4.69, 9.17) is 0 Å². The SMILES string of the molecule is CNc1cn2nc(-c3c(-c4ccc(F)cc4)ncn3CC=O)ccc2n1. The van der Waals surface area contributed by atoms with Crippen LogP contribution in [0.3, 0.4) is 0 Å². The van der Waals surface area contributed by atoms with Gasteiger partial charge in [0, 0.05) is 12.6 Å². The molecule has 4 rings (SSSR count). The van der Waals surface area contributed by atoms with Gasteiger partial charge in [0.25, 0.3) is 0 Å². The van der Waals surface area contributed by atoms with Gasteiger partial charge in [-0.25, -0.2) is 18.9 Å².